The lowest BCUT2D eigenvalue weighted by atomic mass is 10.2. The molecule has 1 N–H and O–H groups in total. The number of carbonyl (C=O) groups is 2. The van der Waals surface area contributed by atoms with E-state index >= 15 is 0 Å². The average Bonchev–Trinajstić information content (AvgIpc) is 3.30. The molecule has 1 amide bonds. The SMILES string of the molecule is CC(C(=O)O)N(C(=O)c1cc(C2CC2)no1)C1CC1. The molecule has 1 heterocycles. The lowest BCUT2D eigenvalue weighted by Gasteiger charge is -2.25. The molecule has 2 fully saturated rings. The van der Waals surface area contributed by atoms with Crippen LogP contribution in [0.3, 0.4) is 0 Å². The zero-order valence-electron chi connectivity index (χ0n) is 10.7. The fourth-order valence-electron chi connectivity index (χ4n) is 2.22. The smallest absolute Gasteiger partial charge is 0.326 e. The fraction of sp³-hybridized carbons (Fsp3) is 0.615. The fourth-order valence-corrected chi connectivity index (χ4v) is 2.22. The van der Waals surface area contributed by atoms with Crippen LogP contribution < -0.4 is 0 Å². The Morgan fingerprint density at radius 2 is 2.11 bits per heavy atom. The summed E-state index contributed by atoms with van der Waals surface area (Å²) < 4.78 is 5.08. The topological polar surface area (TPSA) is 83.6 Å². The molecule has 0 spiro atoms. The monoisotopic (exact) mass is 264 g/mol. The number of carboxylic acids is 1. The Balaban J connectivity index is 1.80. The summed E-state index contributed by atoms with van der Waals surface area (Å²) in [6, 6.07) is 0.840. The quantitative estimate of drug-likeness (QED) is 0.873. The van der Waals surface area contributed by atoms with Crippen molar-refractivity contribution in [2.45, 2.75) is 50.6 Å². The van der Waals surface area contributed by atoms with E-state index in [2.05, 4.69) is 5.16 Å². The number of carboxylic acid groups (broad SMARTS) is 1. The molecular weight excluding hydrogens is 248 g/mol. The average molecular weight is 264 g/mol. The number of hydrogen-bond acceptors (Lipinski definition) is 4. The highest BCUT2D eigenvalue weighted by molar-refractivity contribution is 5.94. The van der Waals surface area contributed by atoms with Gasteiger partial charge in [0.15, 0.2) is 0 Å². The van der Waals surface area contributed by atoms with E-state index in [1.807, 2.05) is 0 Å². The van der Waals surface area contributed by atoms with E-state index in [4.69, 9.17) is 9.63 Å². The van der Waals surface area contributed by atoms with E-state index in [9.17, 15) is 9.59 Å². The molecule has 0 radical (unpaired) electrons. The third-order valence-corrected chi connectivity index (χ3v) is 3.68. The van der Waals surface area contributed by atoms with E-state index in [0.717, 1.165) is 31.4 Å². The Bertz CT molecular complexity index is 516. The third kappa shape index (κ3) is 2.34. The first-order valence-corrected chi connectivity index (χ1v) is 6.60. The van der Waals surface area contributed by atoms with Gasteiger partial charge in [0.1, 0.15) is 6.04 Å². The van der Waals surface area contributed by atoms with E-state index in [1.165, 1.54) is 11.8 Å². The maximum Gasteiger partial charge on any atom is 0.326 e. The number of hydrogen-bond donors (Lipinski definition) is 1. The Morgan fingerprint density at radius 1 is 1.42 bits per heavy atom. The molecular formula is C13H16N2O4. The normalized spacial score (nSPS) is 20.1. The molecule has 1 atom stereocenters. The minimum Gasteiger partial charge on any atom is -0.480 e. The highest BCUT2D eigenvalue weighted by Crippen LogP contribution is 2.39. The predicted molar refractivity (Wildman–Crippen MR) is 64.8 cm³/mol. The van der Waals surface area contributed by atoms with Crippen molar-refractivity contribution >= 4 is 11.9 Å². The van der Waals surface area contributed by atoms with E-state index in [-0.39, 0.29) is 17.7 Å². The van der Waals surface area contributed by atoms with Crippen LogP contribution in [0.1, 0.15) is 54.8 Å². The maximum absolute atomic E-state index is 12.4. The summed E-state index contributed by atoms with van der Waals surface area (Å²) in [4.78, 5) is 24.9. The number of nitrogens with zero attached hydrogens (tertiary/aromatic N) is 2. The number of rotatable bonds is 5. The van der Waals surface area contributed by atoms with Crippen molar-refractivity contribution in [2.24, 2.45) is 0 Å². The lowest BCUT2D eigenvalue weighted by molar-refractivity contribution is -0.141. The van der Waals surface area contributed by atoms with Gasteiger partial charge in [-0.2, -0.15) is 0 Å². The Kier molecular flexibility index (Phi) is 2.80. The molecule has 3 rings (SSSR count). The molecule has 0 saturated heterocycles. The van der Waals surface area contributed by atoms with Crippen LogP contribution in [-0.4, -0.2) is 39.1 Å². The van der Waals surface area contributed by atoms with Gasteiger partial charge in [0, 0.05) is 18.0 Å². The maximum atomic E-state index is 12.4. The van der Waals surface area contributed by atoms with Crippen LogP contribution in [0.4, 0.5) is 0 Å². The van der Waals surface area contributed by atoms with Crippen LogP contribution in [0.25, 0.3) is 0 Å². The van der Waals surface area contributed by atoms with Crippen LogP contribution in [0.5, 0.6) is 0 Å². The third-order valence-electron chi connectivity index (χ3n) is 3.68. The summed E-state index contributed by atoms with van der Waals surface area (Å²) in [7, 11) is 0. The molecule has 6 heteroatoms. The van der Waals surface area contributed by atoms with Crippen LogP contribution in [0.15, 0.2) is 10.6 Å². The Morgan fingerprint density at radius 3 is 2.63 bits per heavy atom. The van der Waals surface area contributed by atoms with Gasteiger partial charge in [-0.25, -0.2) is 4.79 Å². The Hall–Kier alpha value is -1.85. The molecule has 0 aromatic carbocycles. The van der Waals surface area contributed by atoms with E-state index in [1.54, 1.807) is 6.07 Å². The van der Waals surface area contributed by atoms with Crippen molar-refractivity contribution in [1.29, 1.82) is 0 Å². The molecule has 0 aliphatic heterocycles. The van der Waals surface area contributed by atoms with Crippen molar-refractivity contribution in [3.8, 4) is 0 Å². The van der Waals surface area contributed by atoms with Crippen molar-refractivity contribution < 1.29 is 19.2 Å². The first-order chi connectivity index (χ1) is 9.08. The summed E-state index contributed by atoms with van der Waals surface area (Å²) in [5.41, 5.74) is 0.807. The number of carbonyl (C=O) groups excluding carboxylic acids is 1. The van der Waals surface area contributed by atoms with Crippen molar-refractivity contribution in [1.82, 2.24) is 10.1 Å². The lowest BCUT2D eigenvalue weighted by Crippen LogP contribution is -2.44. The summed E-state index contributed by atoms with van der Waals surface area (Å²) in [5.74, 6) is -0.794. The summed E-state index contributed by atoms with van der Waals surface area (Å²) in [5, 5.41) is 13.0. The van der Waals surface area contributed by atoms with Gasteiger partial charge in [-0.3, -0.25) is 4.79 Å². The van der Waals surface area contributed by atoms with Gasteiger partial charge >= 0.3 is 5.97 Å². The standard InChI is InChI=1S/C13H16N2O4/c1-7(13(17)18)15(9-4-5-9)12(16)11-6-10(14-19-11)8-2-3-8/h6-9H,2-5H2,1H3,(H,17,18). The van der Waals surface area contributed by atoms with Gasteiger partial charge in [-0.1, -0.05) is 5.16 Å². The molecule has 6 nitrogen and oxygen atoms in total. The molecule has 19 heavy (non-hydrogen) atoms. The van der Waals surface area contributed by atoms with Gasteiger partial charge in [0.25, 0.3) is 5.91 Å². The highest BCUT2D eigenvalue weighted by Gasteiger charge is 2.40. The zero-order valence-corrected chi connectivity index (χ0v) is 10.7. The summed E-state index contributed by atoms with van der Waals surface area (Å²) >= 11 is 0. The van der Waals surface area contributed by atoms with Gasteiger partial charge in [0.05, 0.1) is 5.69 Å². The Labute approximate surface area is 110 Å². The second-order valence-corrected chi connectivity index (χ2v) is 5.35. The zero-order chi connectivity index (χ0) is 13.6. The molecule has 1 aromatic heterocycles. The molecule has 2 aliphatic carbocycles. The minimum atomic E-state index is -0.998. The van der Waals surface area contributed by atoms with Crippen LogP contribution in [-0.2, 0) is 4.79 Å². The van der Waals surface area contributed by atoms with Crippen LogP contribution >= 0.6 is 0 Å². The van der Waals surface area contributed by atoms with Crippen LogP contribution in [0.2, 0.25) is 0 Å². The summed E-state index contributed by atoms with van der Waals surface area (Å²) in [6.07, 6.45) is 3.87. The second-order valence-electron chi connectivity index (χ2n) is 5.35. The predicted octanol–water partition coefficient (Wildman–Crippen LogP) is 1.63. The molecule has 2 aliphatic rings. The number of aromatic nitrogens is 1. The van der Waals surface area contributed by atoms with Gasteiger partial charge in [-0.05, 0) is 32.6 Å². The molecule has 0 bridgehead atoms. The second kappa shape index (κ2) is 4.36. The van der Waals surface area contributed by atoms with Gasteiger partial charge in [-0.15, -0.1) is 0 Å². The van der Waals surface area contributed by atoms with Gasteiger partial charge in [0.2, 0.25) is 5.76 Å². The van der Waals surface area contributed by atoms with E-state index < -0.39 is 12.0 Å². The number of amides is 1. The van der Waals surface area contributed by atoms with E-state index in [0.29, 0.717) is 5.92 Å². The summed E-state index contributed by atoms with van der Waals surface area (Å²) in [6.45, 7) is 1.52. The highest BCUT2D eigenvalue weighted by atomic mass is 16.5. The van der Waals surface area contributed by atoms with Crippen LogP contribution in [0, 0.1) is 0 Å². The van der Waals surface area contributed by atoms with Gasteiger partial charge < -0.3 is 14.5 Å². The molecule has 102 valence electrons. The molecule has 1 unspecified atom stereocenters. The first kappa shape index (κ1) is 12.2. The van der Waals surface area contributed by atoms with Crippen molar-refractivity contribution in [2.75, 3.05) is 0 Å². The van der Waals surface area contributed by atoms with Crippen molar-refractivity contribution in [3.05, 3.63) is 17.5 Å². The first-order valence-electron chi connectivity index (χ1n) is 6.60. The number of aliphatic carboxylic acids is 1. The molecule has 1 aromatic rings. The largest absolute Gasteiger partial charge is 0.480 e. The van der Waals surface area contributed by atoms with Crippen molar-refractivity contribution in [3.63, 3.8) is 0 Å². The minimum absolute atomic E-state index is 0.0214. The molecule has 2 saturated carbocycles.